The molecule has 164 valence electrons. The molecule has 0 aliphatic heterocycles. The maximum atomic E-state index is 11.8. The van der Waals surface area contributed by atoms with E-state index in [0.29, 0.717) is 16.9 Å². The monoisotopic (exact) mass is 473 g/mol. The van der Waals surface area contributed by atoms with Gasteiger partial charge in [0, 0.05) is 44.8 Å². The fraction of sp³-hybridized carbons (Fsp3) is 0.0833. The van der Waals surface area contributed by atoms with Gasteiger partial charge in [-0.2, -0.15) is 5.26 Å². The second-order valence-corrected chi connectivity index (χ2v) is 10.5. The van der Waals surface area contributed by atoms with Crippen molar-refractivity contribution in [3.05, 3.63) is 72.1 Å². The molecule has 2 aromatic carbocycles. The van der Waals surface area contributed by atoms with Crippen LogP contribution >= 0.6 is 11.3 Å². The molecule has 0 aliphatic rings. The molecule has 0 radical (unpaired) electrons. The molecule has 3 heterocycles. The number of fused-ring (bicyclic) bond motifs is 2. The number of aryl methyl sites for hydroxylation is 1. The van der Waals surface area contributed by atoms with E-state index in [-0.39, 0.29) is 0 Å². The third-order valence-corrected chi connectivity index (χ3v) is 7.10. The number of aromatic nitrogens is 2. The Balaban J connectivity index is 1.65. The highest BCUT2D eigenvalue weighted by molar-refractivity contribution is 7.92. The van der Waals surface area contributed by atoms with Crippen LogP contribution in [0, 0.1) is 18.3 Å². The van der Waals surface area contributed by atoms with Crippen LogP contribution in [-0.4, -0.2) is 24.6 Å². The minimum Gasteiger partial charge on any atom is -0.361 e. The number of hydrogen-bond donors (Lipinski definition) is 3. The van der Waals surface area contributed by atoms with Gasteiger partial charge in [-0.3, -0.25) is 4.72 Å². The lowest BCUT2D eigenvalue weighted by Crippen LogP contribution is -2.10. The van der Waals surface area contributed by atoms with Crippen LogP contribution in [-0.2, 0) is 10.0 Å². The van der Waals surface area contributed by atoms with Gasteiger partial charge in [-0.1, -0.05) is 18.2 Å². The Morgan fingerprint density at radius 1 is 1.09 bits per heavy atom. The van der Waals surface area contributed by atoms with Gasteiger partial charge in [0.2, 0.25) is 10.0 Å². The smallest absolute Gasteiger partial charge is 0.229 e. The Morgan fingerprint density at radius 3 is 2.70 bits per heavy atom. The minimum atomic E-state index is -3.43. The first kappa shape index (κ1) is 21.0. The van der Waals surface area contributed by atoms with E-state index in [1.807, 2.05) is 49.5 Å². The molecule has 0 unspecified atom stereocenters. The van der Waals surface area contributed by atoms with E-state index in [2.05, 4.69) is 26.1 Å². The molecule has 7 nitrogen and oxygen atoms in total. The highest BCUT2D eigenvalue weighted by Crippen LogP contribution is 2.41. The Labute approximate surface area is 194 Å². The lowest BCUT2D eigenvalue weighted by Gasteiger charge is -2.13. The summed E-state index contributed by atoms with van der Waals surface area (Å²) in [6, 6.07) is 17.4. The van der Waals surface area contributed by atoms with Gasteiger partial charge in [0.15, 0.2) is 0 Å². The van der Waals surface area contributed by atoms with Crippen LogP contribution in [0.5, 0.6) is 0 Å². The summed E-state index contributed by atoms with van der Waals surface area (Å²) in [6.45, 7) is 2.04. The zero-order valence-corrected chi connectivity index (χ0v) is 19.4. The Bertz CT molecular complexity index is 1680. The quantitative estimate of drug-likeness (QED) is 0.301. The molecule has 5 aromatic rings. The third kappa shape index (κ3) is 3.91. The first-order valence-electron chi connectivity index (χ1n) is 10.1. The molecule has 0 saturated carbocycles. The highest BCUT2D eigenvalue weighted by atomic mass is 32.2. The average molecular weight is 474 g/mol. The summed E-state index contributed by atoms with van der Waals surface area (Å²) in [7, 11) is -3.43. The Hall–Kier alpha value is -3.87. The van der Waals surface area contributed by atoms with E-state index in [1.165, 1.54) is 11.3 Å². The van der Waals surface area contributed by atoms with Gasteiger partial charge in [-0.05, 0) is 42.8 Å². The number of thiophene rings is 1. The van der Waals surface area contributed by atoms with Crippen molar-refractivity contribution in [1.29, 1.82) is 5.26 Å². The van der Waals surface area contributed by atoms with Crippen molar-refractivity contribution in [1.82, 2.24) is 9.97 Å². The van der Waals surface area contributed by atoms with Crippen LogP contribution in [0.2, 0.25) is 0 Å². The zero-order valence-electron chi connectivity index (χ0n) is 17.8. The molecule has 0 aliphatic carbocycles. The van der Waals surface area contributed by atoms with E-state index >= 15 is 0 Å². The van der Waals surface area contributed by atoms with Crippen molar-refractivity contribution in [2.24, 2.45) is 0 Å². The number of nitrogens with zero attached hydrogens (tertiary/aromatic N) is 2. The number of benzene rings is 2. The molecule has 33 heavy (non-hydrogen) atoms. The maximum absolute atomic E-state index is 11.8. The van der Waals surface area contributed by atoms with E-state index in [0.717, 1.165) is 49.1 Å². The van der Waals surface area contributed by atoms with Crippen molar-refractivity contribution in [3.63, 3.8) is 0 Å². The van der Waals surface area contributed by atoms with Gasteiger partial charge in [0.05, 0.1) is 23.2 Å². The summed E-state index contributed by atoms with van der Waals surface area (Å²) in [4.78, 5) is 9.29. The molecule has 9 heteroatoms. The van der Waals surface area contributed by atoms with Gasteiger partial charge in [-0.15, -0.1) is 11.3 Å². The first-order valence-corrected chi connectivity index (χ1v) is 12.8. The third-order valence-electron chi connectivity index (χ3n) is 5.43. The molecular weight excluding hydrogens is 454 g/mol. The highest BCUT2D eigenvalue weighted by Gasteiger charge is 2.17. The number of nitrogens with one attached hydrogen (secondary N) is 3. The second kappa shape index (κ2) is 7.92. The van der Waals surface area contributed by atoms with Crippen molar-refractivity contribution in [2.45, 2.75) is 6.92 Å². The second-order valence-electron chi connectivity index (χ2n) is 7.71. The van der Waals surface area contributed by atoms with Gasteiger partial charge in [0.25, 0.3) is 0 Å². The number of sulfonamides is 1. The summed E-state index contributed by atoms with van der Waals surface area (Å²) in [5, 5.41) is 15.1. The lowest BCUT2D eigenvalue weighted by atomic mass is 10.1. The normalized spacial score (nSPS) is 11.5. The van der Waals surface area contributed by atoms with Crippen molar-refractivity contribution in [3.8, 4) is 16.5 Å². The van der Waals surface area contributed by atoms with E-state index in [9.17, 15) is 13.7 Å². The predicted octanol–water partition coefficient (Wildman–Crippen LogP) is 5.74. The van der Waals surface area contributed by atoms with Crippen LogP contribution in [0.3, 0.4) is 0 Å². The standard InChI is InChI=1S/C24H19N5O2S2/c1-14-16-9-10-26-20(16)8-7-19(14)28-23-15(12-25)13-27-24-18(23)11-22(32-24)17-5-3-4-6-21(17)29-33(2,30)31/h3-11,13,26,29H,1-2H3,(H,27,28). The predicted molar refractivity (Wildman–Crippen MR) is 135 cm³/mol. The van der Waals surface area contributed by atoms with Gasteiger partial charge < -0.3 is 10.3 Å². The zero-order chi connectivity index (χ0) is 23.2. The van der Waals surface area contributed by atoms with Crippen LogP contribution < -0.4 is 10.0 Å². The average Bonchev–Trinajstić information content (AvgIpc) is 3.42. The molecule has 0 bridgehead atoms. The summed E-state index contributed by atoms with van der Waals surface area (Å²) >= 11 is 1.44. The number of aromatic amines is 1. The van der Waals surface area contributed by atoms with E-state index in [1.54, 1.807) is 18.3 Å². The topological polar surface area (TPSA) is 111 Å². The number of H-pyrrole nitrogens is 1. The largest absolute Gasteiger partial charge is 0.361 e. The van der Waals surface area contributed by atoms with Crippen LogP contribution in [0.25, 0.3) is 31.6 Å². The number of anilines is 3. The van der Waals surface area contributed by atoms with E-state index < -0.39 is 10.0 Å². The number of rotatable bonds is 5. The fourth-order valence-electron chi connectivity index (χ4n) is 3.88. The summed E-state index contributed by atoms with van der Waals surface area (Å²) in [5.41, 5.74) is 5.38. The maximum Gasteiger partial charge on any atom is 0.229 e. The molecule has 0 fully saturated rings. The number of nitriles is 1. The molecule has 3 N–H and O–H groups in total. The van der Waals surface area contributed by atoms with Gasteiger partial charge in [0.1, 0.15) is 10.9 Å². The number of pyridine rings is 1. The number of hydrogen-bond acceptors (Lipinski definition) is 6. The van der Waals surface area contributed by atoms with Crippen molar-refractivity contribution in [2.75, 3.05) is 16.3 Å². The lowest BCUT2D eigenvalue weighted by molar-refractivity contribution is 0.607. The van der Waals surface area contributed by atoms with Crippen LogP contribution in [0.4, 0.5) is 17.1 Å². The molecule has 5 rings (SSSR count). The molecule has 0 amide bonds. The van der Waals surface area contributed by atoms with Crippen molar-refractivity contribution < 1.29 is 8.42 Å². The molecule has 0 saturated heterocycles. The fourth-order valence-corrected chi connectivity index (χ4v) is 5.51. The summed E-state index contributed by atoms with van der Waals surface area (Å²) in [6.07, 6.45) is 4.59. The van der Waals surface area contributed by atoms with Gasteiger partial charge >= 0.3 is 0 Å². The van der Waals surface area contributed by atoms with Crippen molar-refractivity contribution >= 4 is 59.5 Å². The minimum absolute atomic E-state index is 0.433. The van der Waals surface area contributed by atoms with E-state index in [4.69, 9.17) is 0 Å². The summed E-state index contributed by atoms with van der Waals surface area (Å²) < 4.78 is 26.2. The molecule has 0 spiro atoms. The van der Waals surface area contributed by atoms with Crippen LogP contribution in [0.15, 0.2) is 60.9 Å². The van der Waals surface area contributed by atoms with Gasteiger partial charge in [-0.25, -0.2) is 13.4 Å². The Morgan fingerprint density at radius 2 is 1.91 bits per heavy atom. The molecule has 0 atom stereocenters. The Kier molecular flexibility index (Phi) is 5.04. The number of para-hydroxylation sites is 1. The SMILES string of the molecule is Cc1c(Nc2c(C#N)cnc3sc(-c4ccccc4NS(C)(=O)=O)cc23)ccc2[nH]ccc12. The molecular formula is C24H19N5O2S2. The van der Waals surface area contributed by atoms with Crippen LogP contribution in [0.1, 0.15) is 11.1 Å². The molecule has 3 aromatic heterocycles. The summed E-state index contributed by atoms with van der Waals surface area (Å²) in [5.74, 6) is 0. The first-order chi connectivity index (χ1) is 15.8.